The van der Waals surface area contributed by atoms with Crippen LogP contribution in [0.3, 0.4) is 0 Å². The highest BCUT2D eigenvalue weighted by atomic mass is 35.5. The molecule has 0 fully saturated rings. The first-order chi connectivity index (χ1) is 13.3. The molecule has 0 amide bonds. The quantitative estimate of drug-likeness (QED) is 0.289. The third kappa shape index (κ3) is 4.48. The summed E-state index contributed by atoms with van der Waals surface area (Å²) in [6.07, 6.45) is 3.65. The lowest BCUT2D eigenvalue weighted by Crippen LogP contribution is -2.22. The minimum atomic E-state index is -1.14. The molecule has 0 bridgehead atoms. The van der Waals surface area contributed by atoms with Gasteiger partial charge in [0.1, 0.15) is 23.3 Å². The van der Waals surface area contributed by atoms with Crippen molar-refractivity contribution >= 4 is 30.7 Å². The SMILES string of the molecule is COc1ccnc(OC)c1-c1cn(COCC[Si](C)(C)C)c2nc(Cl)ccc12. The molecule has 0 atom stereocenters. The fraction of sp³-hybridized carbons (Fsp3) is 0.400. The highest BCUT2D eigenvalue weighted by Crippen LogP contribution is 2.41. The van der Waals surface area contributed by atoms with Crippen molar-refractivity contribution in [1.82, 2.24) is 14.5 Å². The van der Waals surface area contributed by atoms with Gasteiger partial charge in [-0.05, 0) is 24.2 Å². The second-order valence-electron chi connectivity index (χ2n) is 7.76. The van der Waals surface area contributed by atoms with Crippen LogP contribution in [0, 0.1) is 0 Å². The van der Waals surface area contributed by atoms with Gasteiger partial charge in [-0.1, -0.05) is 31.2 Å². The lowest BCUT2D eigenvalue weighted by atomic mass is 10.1. The molecule has 0 unspecified atom stereocenters. The summed E-state index contributed by atoms with van der Waals surface area (Å²) in [5.74, 6) is 1.17. The molecule has 0 saturated heterocycles. The van der Waals surface area contributed by atoms with E-state index in [1.54, 1.807) is 26.5 Å². The zero-order chi connectivity index (χ0) is 20.3. The van der Waals surface area contributed by atoms with Crippen molar-refractivity contribution in [3.8, 4) is 22.8 Å². The number of aromatic nitrogens is 3. The summed E-state index contributed by atoms with van der Waals surface area (Å²) in [7, 11) is 2.08. The molecule has 0 spiro atoms. The molecule has 0 aromatic carbocycles. The van der Waals surface area contributed by atoms with Gasteiger partial charge in [-0.3, -0.25) is 0 Å². The van der Waals surface area contributed by atoms with Gasteiger partial charge in [0.05, 0.1) is 19.8 Å². The van der Waals surface area contributed by atoms with Crippen LogP contribution in [0.25, 0.3) is 22.2 Å². The van der Waals surface area contributed by atoms with E-state index >= 15 is 0 Å². The van der Waals surface area contributed by atoms with Gasteiger partial charge >= 0.3 is 0 Å². The number of pyridine rings is 2. The summed E-state index contributed by atoms with van der Waals surface area (Å²) in [5.41, 5.74) is 2.45. The zero-order valence-corrected chi connectivity index (χ0v) is 18.7. The van der Waals surface area contributed by atoms with E-state index < -0.39 is 8.07 Å². The number of methoxy groups -OCH3 is 2. The van der Waals surface area contributed by atoms with Crippen molar-refractivity contribution in [3.05, 3.63) is 35.7 Å². The molecule has 0 aliphatic carbocycles. The van der Waals surface area contributed by atoms with E-state index in [0.717, 1.165) is 34.8 Å². The molecule has 0 aliphatic heterocycles. The van der Waals surface area contributed by atoms with Gasteiger partial charge in [0, 0.05) is 38.0 Å². The molecular formula is C20H26ClN3O3Si. The Bertz CT molecular complexity index is 947. The number of halogens is 1. The molecule has 0 saturated carbocycles. The van der Waals surface area contributed by atoms with Crippen LogP contribution < -0.4 is 9.47 Å². The lowest BCUT2D eigenvalue weighted by molar-refractivity contribution is 0.0899. The molecule has 0 radical (unpaired) electrons. The maximum Gasteiger partial charge on any atom is 0.224 e. The Hall–Kier alpha value is -2.09. The van der Waals surface area contributed by atoms with E-state index in [-0.39, 0.29) is 0 Å². The number of rotatable bonds is 8. The van der Waals surface area contributed by atoms with E-state index in [0.29, 0.717) is 23.5 Å². The normalized spacial score (nSPS) is 11.8. The smallest absolute Gasteiger partial charge is 0.224 e. The highest BCUT2D eigenvalue weighted by Gasteiger charge is 2.20. The molecule has 0 N–H and O–H groups in total. The summed E-state index contributed by atoms with van der Waals surface area (Å²) in [5, 5.41) is 1.37. The molecule has 6 nitrogen and oxygen atoms in total. The Morgan fingerprint density at radius 3 is 2.57 bits per heavy atom. The van der Waals surface area contributed by atoms with Crippen LogP contribution >= 0.6 is 11.6 Å². The largest absolute Gasteiger partial charge is 0.496 e. The van der Waals surface area contributed by atoms with Gasteiger partial charge in [-0.25, -0.2) is 9.97 Å². The number of nitrogens with zero attached hydrogens (tertiary/aromatic N) is 3. The number of hydrogen-bond donors (Lipinski definition) is 0. The summed E-state index contributed by atoms with van der Waals surface area (Å²) in [6.45, 7) is 8.13. The summed E-state index contributed by atoms with van der Waals surface area (Å²) in [6, 6.07) is 6.65. The second kappa shape index (κ2) is 8.51. The van der Waals surface area contributed by atoms with Crippen LogP contribution in [-0.4, -0.2) is 43.4 Å². The van der Waals surface area contributed by atoms with E-state index in [4.69, 9.17) is 25.8 Å². The minimum absolute atomic E-state index is 0.402. The molecule has 28 heavy (non-hydrogen) atoms. The predicted molar refractivity (Wildman–Crippen MR) is 115 cm³/mol. The zero-order valence-electron chi connectivity index (χ0n) is 17.0. The third-order valence-electron chi connectivity index (χ3n) is 4.48. The maximum atomic E-state index is 6.16. The van der Waals surface area contributed by atoms with E-state index in [1.807, 2.05) is 22.9 Å². The van der Waals surface area contributed by atoms with Crippen molar-refractivity contribution in [3.63, 3.8) is 0 Å². The third-order valence-corrected chi connectivity index (χ3v) is 6.39. The monoisotopic (exact) mass is 419 g/mol. The van der Waals surface area contributed by atoms with Gasteiger partial charge in [0.25, 0.3) is 0 Å². The summed E-state index contributed by atoms with van der Waals surface area (Å²) >= 11 is 6.16. The fourth-order valence-corrected chi connectivity index (χ4v) is 3.88. The lowest BCUT2D eigenvalue weighted by Gasteiger charge is -2.15. The maximum absolute atomic E-state index is 6.16. The van der Waals surface area contributed by atoms with E-state index in [9.17, 15) is 0 Å². The first-order valence-electron chi connectivity index (χ1n) is 9.14. The molecule has 8 heteroatoms. The minimum Gasteiger partial charge on any atom is -0.496 e. The van der Waals surface area contributed by atoms with Crippen LogP contribution in [0.2, 0.25) is 30.8 Å². The average Bonchev–Trinajstić information content (AvgIpc) is 3.01. The van der Waals surface area contributed by atoms with Crippen molar-refractivity contribution in [2.45, 2.75) is 32.4 Å². The first kappa shape index (κ1) is 20.6. The number of fused-ring (bicyclic) bond motifs is 1. The topological polar surface area (TPSA) is 58.4 Å². The Kier molecular flexibility index (Phi) is 6.27. The molecule has 0 aliphatic rings. The van der Waals surface area contributed by atoms with Gasteiger partial charge in [0.15, 0.2) is 0 Å². The van der Waals surface area contributed by atoms with Crippen LogP contribution in [0.5, 0.6) is 11.6 Å². The molecule has 3 heterocycles. The Morgan fingerprint density at radius 1 is 1.11 bits per heavy atom. The predicted octanol–water partition coefficient (Wildman–Crippen LogP) is 5.08. The van der Waals surface area contributed by atoms with E-state index in [2.05, 4.69) is 29.6 Å². The van der Waals surface area contributed by atoms with E-state index in [1.165, 1.54) is 0 Å². The van der Waals surface area contributed by atoms with Crippen molar-refractivity contribution in [1.29, 1.82) is 0 Å². The fourth-order valence-electron chi connectivity index (χ4n) is 2.98. The average molecular weight is 420 g/mol. The molecule has 3 rings (SSSR count). The Balaban J connectivity index is 2.03. The molecule has 3 aromatic rings. The number of hydrogen-bond acceptors (Lipinski definition) is 5. The Labute approximate surface area is 171 Å². The highest BCUT2D eigenvalue weighted by molar-refractivity contribution is 6.76. The van der Waals surface area contributed by atoms with Crippen LogP contribution in [0.4, 0.5) is 0 Å². The van der Waals surface area contributed by atoms with Crippen molar-refractivity contribution in [2.75, 3.05) is 20.8 Å². The van der Waals surface area contributed by atoms with Gasteiger partial charge in [-0.2, -0.15) is 0 Å². The summed E-state index contributed by atoms with van der Waals surface area (Å²) < 4.78 is 19.0. The van der Waals surface area contributed by atoms with Gasteiger partial charge in [0.2, 0.25) is 5.88 Å². The van der Waals surface area contributed by atoms with Gasteiger partial charge in [-0.15, -0.1) is 0 Å². The molecule has 150 valence electrons. The summed E-state index contributed by atoms with van der Waals surface area (Å²) in [4.78, 5) is 8.85. The first-order valence-corrected chi connectivity index (χ1v) is 13.2. The Morgan fingerprint density at radius 2 is 1.89 bits per heavy atom. The van der Waals surface area contributed by atoms with Crippen LogP contribution in [-0.2, 0) is 11.5 Å². The molecule has 3 aromatic heterocycles. The number of ether oxygens (including phenoxy) is 3. The van der Waals surface area contributed by atoms with Crippen molar-refractivity contribution in [2.24, 2.45) is 0 Å². The van der Waals surface area contributed by atoms with Gasteiger partial charge < -0.3 is 18.8 Å². The molecular weight excluding hydrogens is 394 g/mol. The second-order valence-corrected chi connectivity index (χ2v) is 13.8. The van der Waals surface area contributed by atoms with Crippen LogP contribution in [0.1, 0.15) is 0 Å². The van der Waals surface area contributed by atoms with Crippen molar-refractivity contribution < 1.29 is 14.2 Å². The standard InChI is InChI=1S/C20H26ClN3O3Si/c1-25-16-8-9-22-20(26-2)18(16)15-12-24(13-27-10-11-28(3,4)5)19-14(15)6-7-17(21)23-19/h6-9,12H,10-11,13H2,1-5H3. The van der Waals surface area contributed by atoms with Crippen LogP contribution in [0.15, 0.2) is 30.6 Å².